The van der Waals surface area contributed by atoms with Gasteiger partial charge in [0.1, 0.15) is 9.88 Å². The molecule has 0 saturated heterocycles. The molecule has 0 bridgehead atoms. The highest BCUT2D eigenvalue weighted by atomic mass is 35.5. The first-order valence-corrected chi connectivity index (χ1v) is 8.63. The first-order chi connectivity index (χ1) is 12.3. The maximum Gasteiger partial charge on any atom is 0.425 e. The lowest BCUT2D eigenvalue weighted by Gasteiger charge is -2.27. The van der Waals surface area contributed by atoms with E-state index in [1.165, 1.54) is 0 Å². The summed E-state index contributed by atoms with van der Waals surface area (Å²) in [7, 11) is 0. The van der Waals surface area contributed by atoms with E-state index in [0.717, 1.165) is 16.9 Å². The molecule has 1 aliphatic rings. The fourth-order valence-electron chi connectivity index (χ4n) is 2.19. The number of nitrogens with zero attached hydrogens (tertiary/aromatic N) is 3. The van der Waals surface area contributed by atoms with Gasteiger partial charge in [-0.25, -0.2) is 4.98 Å². The van der Waals surface area contributed by atoms with Crippen LogP contribution in [-0.4, -0.2) is 40.4 Å². The van der Waals surface area contributed by atoms with E-state index < -0.39 is 12.8 Å². The summed E-state index contributed by atoms with van der Waals surface area (Å²) in [4.78, 5) is 25.0. The average molecular weight is 405 g/mol. The molecule has 138 valence electrons. The summed E-state index contributed by atoms with van der Waals surface area (Å²) in [5, 5.41) is 6.82. The molecule has 2 aromatic rings. The lowest BCUT2D eigenvalue weighted by molar-refractivity contribution is -0.174. The van der Waals surface area contributed by atoms with Crippen molar-refractivity contribution in [2.75, 3.05) is 6.61 Å². The van der Waals surface area contributed by atoms with E-state index in [9.17, 15) is 18.0 Å². The largest absolute Gasteiger partial charge is 0.425 e. The summed E-state index contributed by atoms with van der Waals surface area (Å²) in [5.74, 6) is -0.386. The molecule has 1 aliphatic carbocycles. The van der Waals surface area contributed by atoms with E-state index in [4.69, 9.17) is 11.6 Å². The van der Waals surface area contributed by atoms with Gasteiger partial charge in [-0.15, -0.1) is 11.3 Å². The minimum atomic E-state index is -4.42. The van der Waals surface area contributed by atoms with Crippen molar-refractivity contribution in [1.82, 2.24) is 15.3 Å². The summed E-state index contributed by atoms with van der Waals surface area (Å²) >= 11 is 7.18. The van der Waals surface area contributed by atoms with Crippen LogP contribution in [0.4, 0.5) is 13.2 Å². The third-order valence-electron chi connectivity index (χ3n) is 3.42. The van der Waals surface area contributed by atoms with Crippen LogP contribution in [0.3, 0.4) is 0 Å². The summed E-state index contributed by atoms with van der Waals surface area (Å²) < 4.78 is 35.9. The Balaban J connectivity index is 1.54. The topological polar surface area (TPSA) is 76.5 Å². The van der Waals surface area contributed by atoms with E-state index in [1.54, 1.807) is 24.5 Å². The predicted molar refractivity (Wildman–Crippen MR) is 90.3 cm³/mol. The van der Waals surface area contributed by atoms with Crippen LogP contribution in [0.5, 0.6) is 0 Å². The number of pyridine rings is 1. The molecule has 1 amide bonds. The van der Waals surface area contributed by atoms with Crippen molar-refractivity contribution in [2.24, 2.45) is 5.16 Å². The smallest absolute Gasteiger partial charge is 0.386 e. The van der Waals surface area contributed by atoms with Gasteiger partial charge in [0, 0.05) is 36.8 Å². The van der Waals surface area contributed by atoms with Crippen LogP contribution in [0.1, 0.15) is 22.5 Å². The number of aromatic nitrogens is 2. The number of nitrogens with one attached hydrogen (secondary N) is 1. The number of hydrogen-bond donors (Lipinski definition) is 1. The second-order valence-corrected chi connectivity index (χ2v) is 6.86. The van der Waals surface area contributed by atoms with E-state index in [2.05, 4.69) is 25.3 Å². The summed E-state index contributed by atoms with van der Waals surface area (Å²) in [6.07, 6.45) is -0.520. The highest BCUT2D eigenvalue weighted by Gasteiger charge is 2.31. The highest BCUT2D eigenvalue weighted by Crippen LogP contribution is 2.31. The second kappa shape index (κ2) is 7.58. The third-order valence-corrected chi connectivity index (χ3v) is 4.91. The predicted octanol–water partition coefficient (Wildman–Crippen LogP) is 3.69. The molecule has 2 aromatic heterocycles. The van der Waals surface area contributed by atoms with E-state index >= 15 is 0 Å². The molecule has 26 heavy (non-hydrogen) atoms. The monoisotopic (exact) mass is 404 g/mol. The maximum atomic E-state index is 12.3. The molecule has 1 fully saturated rings. The second-order valence-electron chi connectivity index (χ2n) is 5.51. The van der Waals surface area contributed by atoms with Gasteiger partial charge in [0.15, 0.2) is 5.15 Å². The molecule has 3 rings (SSSR count). The number of oxime groups is 1. The van der Waals surface area contributed by atoms with Crippen molar-refractivity contribution in [2.45, 2.75) is 25.1 Å². The van der Waals surface area contributed by atoms with Crippen LogP contribution in [0, 0.1) is 0 Å². The number of thiazole rings is 1. The number of alkyl halides is 3. The number of hydrogen-bond acceptors (Lipinski definition) is 6. The van der Waals surface area contributed by atoms with Crippen molar-refractivity contribution in [3.8, 4) is 10.6 Å². The molecule has 0 atom stereocenters. The van der Waals surface area contributed by atoms with Crippen molar-refractivity contribution in [3.05, 3.63) is 34.6 Å². The number of rotatable bonds is 5. The standard InChI is InChI=1S/C15H12ClF3N4O2S/c16-12-11(26-14(22-12)8-2-1-3-20-6-8)13(24)21-9-4-10(5-9)23-25-7-15(17,18)19/h1-3,6,9H,4-5,7H2,(H,21,24). The Morgan fingerprint density at radius 3 is 2.88 bits per heavy atom. The Kier molecular flexibility index (Phi) is 5.42. The Morgan fingerprint density at radius 2 is 2.23 bits per heavy atom. The quantitative estimate of drug-likeness (QED) is 0.771. The molecule has 6 nitrogen and oxygen atoms in total. The zero-order valence-corrected chi connectivity index (χ0v) is 14.7. The summed E-state index contributed by atoms with van der Waals surface area (Å²) in [5.41, 5.74) is 1.21. The van der Waals surface area contributed by atoms with Crippen molar-refractivity contribution >= 4 is 34.6 Å². The van der Waals surface area contributed by atoms with Crippen molar-refractivity contribution in [3.63, 3.8) is 0 Å². The first kappa shape index (κ1) is 18.6. The number of carbonyl (C=O) groups is 1. The van der Waals surface area contributed by atoms with Crippen LogP contribution >= 0.6 is 22.9 Å². The van der Waals surface area contributed by atoms with E-state index in [-0.39, 0.29) is 22.0 Å². The van der Waals surface area contributed by atoms with Crippen LogP contribution in [0.15, 0.2) is 29.7 Å². The highest BCUT2D eigenvalue weighted by molar-refractivity contribution is 7.17. The molecule has 11 heteroatoms. The lowest BCUT2D eigenvalue weighted by Crippen LogP contribution is -2.44. The zero-order chi connectivity index (χ0) is 18.7. The molecular weight excluding hydrogens is 393 g/mol. The van der Waals surface area contributed by atoms with E-state index in [1.807, 2.05) is 0 Å². The van der Waals surface area contributed by atoms with Gasteiger partial charge in [0.25, 0.3) is 5.91 Å². The van der Waals surface area contributed by atoms with Crippen LogP contribution in [0.25, 0.3) is 10.6 Å². The number of halogens is 4. The van der Waals surface area contributed by atoms with Crippen LogP contribution in [0.2, 0.25) is 5.15 Å². The maximum absolute atomic E-state index is 12.3. The average Bonchev–Trinajstić information content (AvgIpc) is 2.94. The molecule has 0 spiro atoms. The fourth-order valence-corrected chi connectivity index (χ4v) is 3.37. The van der Waals surface area contributed by atoms with Gasteiger partial charge in [0.05, 0.1) is 5.71 Å². The Hall–Kier alpha value is -2.20. The molecule has 1 saturated carbocycles. The normalized spacial score (nSPS) is 16.8. The van der Waals surface area contributed by atoms with Gasteiger partial charge < -0.3 is 10.2 Å². The zero-order valence-electron chi connectivity index (χ0n) is 13.1. The van der Waals surface area contributed by atoms with Gasteiger partial charge in [-0.05, 0) is 12.1 Å². The molecule has 0 aliphatic heterocycles. The molecule has 0 unspecified atom stereocenters. The van der Waals surface area contributed by atoms with Gasteiger partial charge in [0.2, 0.25) is 6.61 Å². The van der Waals surface area contributed by atoms with Gasteiger partial charge >= 0.3 is 6.18 Å². The molecule has 2 heterocycles. The Morgan fingerprint density at radius 1 is 1.46 bits per heavy atom. The Bertz CT molecular complexity index is 818. The molecule has 1 N–H and O–H groups in total. The minimum Gasteiger partial charge on any atom is -0.386 e. The summed E-state index contributed by atoms with van der Waals surface area (Å²) in [6, 6.07) is 3.33. The fraction of sp³-hybridized carbons (Fsp3) is 0.333. The Labute approximate surface area is 155 Å². The van der Waals surface area contributed by atoms with E-state index in [0.29, 0.717) is 23.6 Å². The lowest BCUT2D eigenvalue weighted by atomic mass is 9.90. The van der Waals surface area contributed by atoms with Gasteiger partial charge in [-0.2, -0.15) is 13.2 Å². The molecular formula is C15H12ClF3N4O2S. The van der Waals surface area contributed by atoms with Crippen molar-refractivity contribution in [1.29, 1.82) is 0 Å². The van der Waals surface area contributed by atoms with Gasteiger partial charge in [-0.1, -0.05) is 16.8 Å². The first-order valence-electron chi connectivity index (χ1n) is 7.44. The van der Waals surface area contributed by atoms with Crippen molar-refractivity contribution < 1.29 is 22.8 Å². The van der Waals surface area contributed by atoms with Crippen LogP contribution in [-0.2, 0) is 4.84 Å². The molecule has 0 aromatic carbocycles. The third kappa shape index (κ3) is 4.70. The van der Waals surface area contributed by atoms with Gasteiger partial charge in [-0.3, -0.25) is 9.78 Å². The SMILES string of the molecule is O=C(NC1CC(=NOCC(F)(F)F)C1)c1sc(-c2cccnc2)nc1Cl. The van der Waals surface area contributed by atoms with Crippen LogP contribution < -0.4 is 5.32 Å². The molecule has 0 radical (unpaired) electrons. The summed E-state index contributed by atoms with van der Waals surface area (Å²) in [6.45, 7) is -1.43. The number of amides is 1. The minimum absolute atomic E-state index is 0.0908. The number of carbonyl (C=O) groups excluding carboxylic acids is 1.